The third-order valence-corrected chi connectivity index (χ3v) is 2.89. The molecule has 0 aromatic carbocycles. The van der Waals surface area contributed by atoms with Crippen molar-refractivity contribution in [1.82, 2.24) is 19.7 Å². The summed E-state index contributed by atoms with van der Waals surface area (Å²) in [6.45, 7) is 1.97. The van der Waals surface area contributed by atoms with Crippen LogP contribution in [0.15, 0.2) is 12.4 Å². The standard InChI is InChI=1S/C11H16N8O2/c1-7-9(19(20)21)10(15-11(14-7)16-12)17(2)5-8-4-13-18(3)6-8/h4,6H,5,12H2,1-3H3,(H,14,15,16). The summed E-state index contributed by atoms with van der Waals surface area (Å²) in [7, 11) is 3.51. The molecule has 2 aromatic rings. The number of hydrogen-bond acceptors (Lipinski definition) is 8. The molecule has 2 rings (SSSR count). The van der Waals surface area contributed by atoms with E-state index in [0.717, 1.165) is 5.56 Å². The Morgan fingerprint density at radius 2 is 2.24 bits per heavy atom. The minimum absolute atomic E-state index is 0.131. The van der Waals surface area contributed by atoms with Gasteiger partial charge in [0.15, 0.2) is 0 Å². The fourth-order valence-corrected chi connectivity index (χ4v) is 2.00. The van der Waals surface area contributed by atoms with Gasteiger partial charge in [-0.15, -0.1) is 0 Å². The second-order valence-electron chi connectivity index (χ2n) is 4.58. The Hall–Kier alpha value is -2.75. The van der Waals surface area contributed by atoms with Crippen LogP contribution in [-0.4, -0.2) is 31.7 Å². The molecule has 0 unspecified atom stereocenters. The summed E-state index contributed by atoms with van der Waals surface area (Å²) in [5.74, 6) is 5.62. The lowest BCUT2D eigenvalue weighted by Crippen LogP contribution is -2.21. The number of nitrogens with two attached hydrogens (primary N) is 1. The smallest absolute Gasteiger partial charge is 0.332 e. The van der Waals surface area contributed by atoms with E-state index >= 15 is 0 Å². The Morgan fingerprint density at radius 1 is 1.52 bits per heavy atom. The van der Waals surface area contributed by atoms with Gasteiger partial charge in [-0.25, -0.2) is 10.8 Å². The van der Waals surface area contributed by atoms with Gasteiger partial charge in [0.05, 0.1) is 11.1 Å². The molecule has 0 atom stereocenters. The van der Waals surface area contributed by atoms with Crippen molar-refractivity contribution in [2.45, 2.75) is 13.5 Å². The van der Waals surface area contributed by atoms with Gasteiger partial charge in [0, 0.05) is 32.4 Å². The van der Waals surface area contributed by atoms with E-state index in [9.17, 15) is 10.1 Å². The first-order chi connectivity index (χ1) is 9.92. The van der Waals surface area contributed by atoms with Crippen LogP contribution < -0.4 is 16.2 Å². The highest BCUT2D eigenvalue weighted by Gasteiger charge is 2.25. The van der Waals surface area contributed by atoms with Gasteiger partial charge < -0.3 is 4.90 Å². The molecule has 10 heteroatoms. The summed E-state index contributed by atoms with van der Waals surface area (Å²) in [5, 5.41) is 15.3. The van der Waals surface area contributed by atoms with Gasteiger partial charge in [0.1, 0.15) is 5.69 Å². The largest absolute Gasteiger partial charge is 0.349 e. The number of hydrazine groups is 1. The first kappa shape index (κ1) is 14.7. The molecule has 21 heavy (non-hydrogen) atoms. The van der Waals surface area contributed by atoms with E-state index in [1.54, 1.807) is 36.8 Å². The number of nitrogen functional groups attached to an aromatic ring is 1. The molecule has 0 aliphatic carbocycles. The molecule has 0 saturated heterocycles. The summed E-state index contributed by atoms with van der Waals surface area (Å²) in [6, 6.07) is 0. The van der Waals surface area contributed by atoms with Crippen molar-refractivity contribution in [2.24, 2.45) is 12.9 Å². The maximum atomic E-state index is 11.2. The maximum Gasteiger partial charge on any atom is 0.332 e. The van der Waals surface area contributed by atoms with Crippen LogP contribution in [0.3, 0.4) is 0 Å². The van der Waals surface area contributed by atoms with Gasteiger partial charge in [0.2, 0.25) is 11.8 Å². The SMILES string of the molecule is Cc1nc(NN)nc(N(C)Cc2cnn(C)c2)c1[N+](=O)[O-]. The second-order valence-corrected chi connectivity index (χ2v) is 4.58. The third-order valence-electron chi connectivity index (χ3n) is 2.89. The molecule has 0 aliphatic heterocycles. The van der Waals surface area contributed by atoms with Crippen molar-refractivity contribution < 1.29 is 4.92 Å². The molecule has 0 aliphatic rings. The van der Waals surface area contributed by atoms with Gasteiger partial charge in [-0.3, -0.25) is 20.2 Å². The summed E-state index contributed by atoms with van der Waals surface area (Å²) in [6.07, 6.45) is 3.52. The summed E-state index contributed by atoms with van der Waals surface area (Å²) < 4.78 is 1.66. The van der Waals surface area contributed by atoms with E-state index in [-0.39, 0.29) is 23.1 Å². The van der Waals surface area contributed by atoms with Crippen LogP contribution in [0.2, 0.25) is 0 Å². The summed E-state index contributed by atoms with van der Waals surface area (Å²) in [5.41, 5.74) is 3.33. The molecule has 0 fully saturated rings. The molecule has 2 heterocycles. The number of nitrogens with zero attached hydrogens (tertiary/aromatic N) is 6. The lowest BCUT2D eigenvalue weighted by molar-refractivity contribution is -0.385. The predicted molar refractivity (Wildman–Crippen MR) is 76.5 cm³/mol. The lowest BCUT2D eigenvalue weighted by atomic mass is 10.3. The van der Waals surface area contributed by atoms with Crippen LogP contribution in [-0.2, 0) is 13.6 Å². The van der Waals surface area contributed by atoms with Gasteiger partial charge >= 0.3 is 5.69 Å². The molecule has 0 bridgehead atoms. The number of anilines is 2. The molecular formula is C11H16N8O2. The molecule has 3 N–H and O–H groups in total. The number of aromatic nitrogens is 4. The molecule has 0 saturated carbocycles. The fraction of sp³-hybridized carbons (Fsp3) is 0.364. The highest BCUT2D eigenvalue weighted by Crippen LogP contribution is 2.29. The number of rotatable bonds is 5. The summed E-state index contributed by atoms with van der Waals surface area (Å²) >= 11 is 0. The Balaban J connectivity index is 2.40. The Bertz CT molecular complexity index is 668. The molecule has 0 radical (unpaired) electrons. The minimum Gasteiger partial charge on any atom is -0.349 e. The topological polar surface area (TPSA) is 128 Å². The number of nitro groups is 1. The Kier molecular flexibility index (Phi) is 3.98. The van der Waals surface area contributed by atoms with E-state index in [0.29, 0.717) is 6.54 Å². The highest BCUT2D eigenvalue weighted by atomic mass is 16.6. The van der Waals surface area contributed by atoms with Crippen LogP contribution >= 0.6 is 0 Å². The van der Waals surface area contributed by atoms with Crippen LogP contribution in [0.5, 0.6) is 0 Å². The second kappa shape index (κ2) is 5.71. The van der Waals surface area contributed by atoms with Crippen molar-refractivity contribution in [2.75, 3.05) is 17.4 Å². The van der Waals surface area contributed by atoms with E-state index < -0.39 is 4.92 Å². The van der Waals surface area contributed by atoms with Crippen LogP contribution in [0.4, 0.5) is 17.5 Å². The molecule has 2 aromatic heterocycles. The van der Waals surface area contributed by atoms with Crippen LogP contribution in [0.1, 0.15) is 11.3 Å². The van der Waals surface area contributed by atoms with E-state index in [4.69, 9.17) is 5.84 Å². The Labute approximate surface area is 120 Å². The van der Waals surface area contributed by atoms with Gasteiger partial charge in [-0.1, -0.05) is 0 Å². The van der Waals surface area contributed by atoms with Gasteiger partial charge in [-0.2, -0.15) is 10.1 Å². The highest BCUT2D eigenvalue weighted by molar-refractivity contribution is 5.62. The Morgan fingerprint density at radius 3 is 2.76 bits per heavy atom. The zero-order valence-corrected chi connectivity index (χ0v) is 11.9. The molecule has 112 valence electrons. The average Bonchev–Trinajstić information content (AvgIpc) is 2.82. The molecule has 10 nitrogen and oxygen atoms in total. The summed E-state index contributed by atoms with van der Waals surface area (Å²) in [4.78, 5) is 20.4. The third kappa shape index (κ3) is 3.05. The van der Waals surface area contributed by atoms with Gasteiger partial charge in [-0.05, 0) is 6.92 Å². The van der Waals surface area contributed by atoms with Crippen molar-refractivity contribution in [3.8, 4) is 0 Å². The maximum absolute atomic E-state index is 11.2. The minimum atomic E-state index is -0.495. The average molecular weight is 292 g/mol. The van der Waals surface area contributed by atoms with E-state index in [1.807, 2.05) is 6.20 Å². The zero-order valence-electron chi connectivity index (χ0n) is 11.9. The normalized spacial score (nSPS) is 10.5. The van der Waals surface area contributed by atoms with Crippen molar-refractivity contribution in [3.63, 3.8) is 0 Å². The van der Waals surface area contributed by atoms with Crippen molar-refractivity contribution in [3.05, 3.63) is 33.8 Å². The molecule has 0 spiro atoms. The van der Waals surface area contributed by atoms with Crippen molar-refractivity contribution >= 4 is 17.5 Å². The molecular weight excluding hydrogens is 276 g/mol. The molecule has 0 amide bonds. The van der Waals surface area contributed by atoms with Crippen LogP contribution in [0, 0.1) is 17.0 Å². The van der Waals surface area contributed by atoms with E-state index in [2.05, 4.69) is 20.5 Å². The zero-order chi connectivity index (χ0) is 15.6. The van der Waals surface area contributed by atoms with E-state index in [1.165, 1.54) is 0 Å². The first-order valence-electron chi connectivity index (χ1n) is 6.10. The number of nitrogens with one attached hydrogen (secondary N) is 1. The number of hydrogen-bond donors (Lipinski definition) is 2. The van der Waals surface area contributed by atoms with Crippen LogP contribution in [0.25, 0.3) is 0 Å². The predicted octanol–water partition coefficient (Wildman–Crippen LogP) is 0.349. The lowest BCUT2D eigenvalue weighted by Gasteiger charge is -2.18. The van der Waals surface area contributed by atoms with Gasteiger partial charge in [0.25, 0.3) is 0 Å². The first-order valence-corrected chi connectivity index (χ1v) is 6.10. The van der Waals surface area contributed by atoms with Crippen molar-refractivity contribution in [1.29, 1.82) is 0 Å². The quantitative estimate of drug-likeness (QED) is 0.459. The number of aryl methyl sites for hydroxylation is 2. The fourth-order valence-electron chi connectivity index (χ4n) is 2.00. The monoisotopic (exact) mass is 292 g/mol.